The van der Waals surface area contributed by atoms with Crippen LogP contribution in [0.3, 0.4) is 0 Å². The van der Waals surface area contributed by atoms with Crippen molar-refractivity contribution in [2.75, 3.05) is 31.2 Å². The van der Waals surface area contributed by atoms with Gasteiger partial charge in [0.2, 0.25) is 11.9 Å². The van der Waals surface area contributed by atoms with Crippen LogP contribution in [0.2, 0.25) is 0 Å². The zero-order valence-electron chi connectivity index (χ0n) is 20.0. The third-order valence-corrected chi connectivity index (χ3v) is 7.67. The molecule has 2 aromatic carbocycles. The maximum Gasteiger partial charge on any atom is 0.245 e. The molecule has 0 aliphatic carbocycles. The molecule has 2 aromatic heterocycles. The summed E-state index contributed by atoms with van der Waals surface area (Å²) in [5.41, 5.74) is 9.80. The smallest absolute Gasteiger partial charge is 0.245 e. The average molecular weight is 505 g/mol. The van der Waals surface area contributed by atoms with Gasteiger partial charge in [-0.2, -0.15) is 0 Å². The Morgan fingerprint density at radius 3 is 2.53 bits per heavy atom. The lowest BCUT2D eigenvalue weighted by Gasteiger charge is -2.31. The Labute approximate surface area is 209 Å². The lowest BCUT2D eigenvalue weighted by atomic mass is 9.89. The molecule has 0 bridgehead atoms. The number of hydrogen-bond donors (Lipinski definition) is 2. The molecule has 1 aliphatic heterocycles. The van der Waals surface area contributed by atoms with Crippen LogP contribution < -0.4 is 11.1 Å². The van der Waals surface area contributed by atoms with E-state index in [1.165, 1.54) is 11.8 Å². The van der Waals surface area contributed by atoms with Gasteiger partial charge in [-0.3, -0.25) is 9.69 Å². The van der Waals surface area contributed by atoms with E-state index in [-0.39, 0.29) is 10.8 Å². The van der Waals surface area contributed by atoms with Gasteiger partial charge in [-0.05, 0) is 73.8 Å². The van der Waals surface area contributed by atoms with Crippen LogP contribution in [0.5, 0.6) is 0 Å². The molecule has 1 fully saturated rings. The van der Waals surface area contributed by atoms with E-state index in [4.69, 9.17) is 5.73 Å². The van der Waals surface area contributed by atoms with E-state index in [1.807, 2.05) is 30.3 Å². The standard InChI is InChI=1S/C26H28N6O3S/c1-36(34,35)23-4-2-3-20(15-23)24-10-9-22-16-28-26(30-32(22)24)29-21-7-5-18(6-8-21)19-11-13-31(14-12-19)17-25(27)33/h2-10,15-16,19H,11-14,17H2,1H3,(H2,27,33)(H,29,30). The molecule has 4 aromatic rings. The Balaban J connectivity index is 1.32. The van der Waals surface area contributed by atoms with Gasteiger partial charge in [-0.25, -0.2) is 17.9 Å². The van der Waals surface area contributed by atoms with Gasteiger partial charge in [0.25, 0.3) is 0 Å². The lowest BCUT2D eigenvalue weighted by Crippen LogP contribution is -2.39. The normalized spacial score (nSPS) is 15.2. The highest BCUT2D eigenvalue weighted by Gasteiger charge is 2.21. The first-order chi connectivity index (χ1) is 17.3. The molecule has 1 amide bonds. The number of aromatic nitrogens is 3. The van der Waals surface area contributed by atoms with Gasteiger partial charge in [0.1, 0.15) is 0 Å². The number of nitrogens with two attached hydrogens (primary N) is 1. The topological polar surface area (TPSA) is 123 Å². The number of primary amides is 1. The molecule has 186 valence electrons. The van der Waals surface area contributed by atoms with Gasteiger partial charge in [-0.15, -0.1) is 5.10 Å². The van der Waals surface area contributed by atoms with E-state index in [2.05, 4.69) is 32.4 Å². The Hall–Kier alpha value is -3.76. The minimum Gasteiger partial charge on any atom is -0.369 e. The summed E-state index contributed by atoms with van der Waals surface area (Å²) in [4.78, 5) is 17.9. The first-order valence-corrected chi connectivity index (χ1v) is 13.7. The van der Waals surface area contributed by atoms with Crippen molar-refractivity contribution < 1.29 is 13.2 Å². The van der Waals surface area contributed by atoms with Crippen LogP contribution in [0.4, 0.5) is 11.6 Å². The van der Waals surface area contributed by atoms with Crippen LogP contribution in [0, 0.1) is 0 Å². The summed E-state index contributed by atoms with van der Waals surface area (Å²) in [6, 6.07) is 18.9. The van der Waals surface area contributed by atoms with E-state index in [1.54, 1.807) is 28.9 Å². The molecule has 1 saturated heterocycles. The number of nitrogens with zero attached hydrogens (tertiary/aromatic N) is 4. The number of rotatable bonds is 7. The summed E-state index contributed by atoms with van der Waals surface area (Å²) < 4.78 is 25.7. The van der Waals surface area contributed by atoms with Crippen molar-refractivity contribution in [1.29, 1.82) is 0 Å². The van der Waals surface area contributed by atoms with Crippen molar-refractivity contribution in [3.63, 3.8) is 0 Å². The molecule has 0 atom stereocenters. The Bertz CT molecular complexity index is 1510. The average Bonchev–Trinajstić information content (AvgIpc) is 3.28. The van der Waals surface area contributed by atoms with E-state index < -0.39 is 9.84 Å². The first kappa shape index (κ1) is 24.0. The third-order valence-electron chi connectivity index (χ3n) is 6.56. The number of piperidine rings is 1. The Morgan fingerprint density at radius 2 is 1.83 bits per heavy atom. The number of carbonyl (C=O) groups is 1. The molecule has 0 unspecified atom stereocenters. The van der Waals surface area contributed by atoms with Crippen LogP contribution in [0.15, 0.2) is 71.8 Å². The zero-order valence-corrected chi connectivity index (χ0v) is 20.8. The van der Waals surface area contributed by atoms with Crippen LogP contribution in [-0.2, 0) is 14.6 Å². The fraction of sp³-hybridized carbons (Fsp3) is 0.269. The lowest BCUT2D eigenvalue weighted by molar-refractivity contribution is -0.119. The van der Waals surface area contributed by atoms with Gasteiger partial charge in [0, 0.05) is 17.5 Å². The number of amides is 1. The van der Waals surface area contributed by atoms with Crippen molar-refractivity contribution in [1.82, 2.24) is 19.5 Å². The van der Waals surface area contributed by atoms with Gasteiger partial charge in [-0.1, -0.05) is 24.3 Å². The molecule has 1 aliphatic rings. The first-order valence-electron chi connectivity index (χ1n) is 11.8. The maximum absolute atomic E-state index is 12.0. The molecular formula is C26H28N6O3S. The Kier molecular flexibility index (Phi) is 6.46. The fourth-order valence-electron chi connectivity index (χ4n) is 4.68. The molecule has 9 nitrogen and oxygen atoms in total. The largest absolute Gasteiger partial charge is 0.369 e. The Morgan fingerprint density at radius 1 is 1.08 bits per heavy atom. The number of carbonyl (C=O) groups excluding carboxylic acids is 1. The summed E-state index contributed by atoms with van der Waals surface area (Å²) in [6.45, 7) is 2.06. The number of hydrogen-bond acceptors (Lipinski definition) is 7. The van der Waals surface area contributed by atoms with Gasteiger partial charge in [0.15, 0.2) is 9.84 Å². The minimum atomic E-state index is -3.31. The number of nitrogens with one attached hydrogen (secondary N) is 1. The van der Waals surface area contributed by atoms with E-state index in [0.29, 0.717) is 18.4 Å². The van der Waals surface area contributed by atoms with E-state index in [0.717, 1.165) is 48.4 Å². The summed E-state index contributed by atoms with van der Waals surface area (Å²) in [6.07, 6.45) is 4.92. The number of sulfone groups is 1. The summed E-state index contributed by atoms with van der Waals surface area (Å²) in [5.74, 6) is 0.617. The van der Waals surface area contributed by atoms with Crippen molar-refractivity contribution in [3.05, 3.63) is 72.4 Å². The van der Waals surface area contributed by atoms with Gasteiger partial charge < -0.3 is 11.1 Å². The molecule has 3 N–H and O–H groups in total. The number of benzene rings is 2. The van der Waals surface area contributed by atoms with E-state index >= 15 is 0 Å². The number of fused-ring (bicyclic) bond motifs is 1. The maximum atomic E-state index is 12.0. The van der Waals surface area contributed by atoms with Gasteiger partial charge in [0.05, 0.1) is 28.8 Å². The van der Waals surface area contributed by atoms with Crippen LogP contribution in [0.1, 0.15) is 24.3 Å². The SMILES string of the molecule is CS(=O)(=O)c1cccc(-c2ccc3cnc(Nc4ccc(C5CCN(CC(N)=O)CC5)cc4)nn23)c1. The van der Waals surface area contributed by atoms with Crippen LogP contribution in [-0.4, -0.2) is 59.7 Å². The number of anilines is 2. The third kappa shape index (κ3) is 5.24. The second-order valence-corrected chi connectivity index (χ2v) is 11.2. The molecule has 3 heterocycles. The number of likely N-dealkylation sites (tertiary alicyclic amines) is 1. The highest BCUT2D eigenvalue weighted by molar-refractivity contribution is 7.90. The van der Waals surface area contributed by atoms with Crippen LogP contribution >= 0.6 is 0 Å². The second kappa shape index (κ2) is 9.71. The highest BCUT2D eigenvalue weighted by atomic mass is 32.2. The fourth-order valence-corrected chi connectivity index (χ4v) is 5.34. The molecule has 10 heteroatoms. The second-order valence-electron chi connectivity index (χ2n) is 9.20. The molecule has 0 saturated carbocycles. The summed E-state index contributed by atoms with van der Waals surface area (Å²) in [5, 5.41) is 7.91. The molecule has 5 rings (SSSR count). The monoisotopic (exact) mass is 504 g/mol. The quantitative estimate of drug-likeness (QED) is 0.396. The summed E-state index contributed by atoms with van der Waals surface area (Å²) >= 11 is 0. The van der Waals surface area contributed by atoms with Crippen LogP contribution in [0.25, 0.3) is 16.8 Å². The zero-order chi connectivity index (χ0) is 25.3. The minimum absolute atomic E-state index is 0.265. The predicted molar refractivity (Wildman–Crippen MR) is 139 cm³/mol. The molecule has 0 radical (unpaired) electrons. The predicted octanol–water partition coefficient (Wildman–Crippen LogP) is 3.21. The molecule has 36 heavy (non-hydrogen) atoms. The van der Waals surface area contributed by atoms with Crippen molar-refractivity contribution in [3.8, 4) is 11.3 Å². The van der Waals surface area contributed by atoms with Crippen molar-refractivity contribution in [2.24, 2.45) is 5.73 Å². The van der Waals surface area contributed by atoms with Crippen molar-refractivity contribution in [2.45, 2.75) is 23.7 Å². The summed E-state index contributed by atoms with van der Waals surface area (Å²) in [7, 11) is -3.31. The molecule has 0 spiro atoms. The highest BCUT2D eigenvalue weighted by Crippen LogP contribution is 2.29. The molecular weight excluding hydrogens is 476 g/mol. The van der Waals surface area contributed by atoms with Crippen molar-refractivity contribution >= 4 is 32.9 Å². The van der Waals surface area contributed by atoms with Gasteiger partial charge >= 0.3 is 0 Å². The van der Waals surface area contributed by atoms with E-state index in [9.17, 15) is 13.2 Å².